The summed E-state index contributed by atoms with van der Waals surface area (Å²) in [4.78, 5) is 27.2. The molecule has 1 aromatic carbocycles. The van der Waals surface area contributed by atoms with Gasteiger partial charge in [-0.3, -0.25) is 0 Å². The van der Waals surface area contributed by atoms with E-state index in [1.54, 1.807) is 6.92 Å². The molecule has 0 atom stereocenters. The lowest BCUT2D eigenvalue weighted by Crippen LogP contribution is -2.48. The molecule has 9 nitrogen and oxygen atoms in total. The van der Waals surface area contributed by atoms with Gasteiger partial charge in [0.1, 0.15) is 22.6 Å². The molecule has 0 radical (unpaired) electrons. The molecule has 1 fully saturated rings. The van der Waals surface area contributed by atoms with Crippen molar-refractivity contribution in [1.29, 1.82) is 0 Å². The zero-order chi connectivity index (χ0) is 21.5. The second-order valence-electron chi connectivity index (χ2n) is 7.16. The van der Waals surface area contributed by atoms with E-state index in [9.17, 15) is 18.3 Å². The molecule has 1 aliphatic rings. The molecule has 3 heterocycles. The highest BCUT2D eigenvalue weighted by Crippen LogP contribution is 2.32. The first kappa shape index (κ1) is 20.2. The topological polar surface area (TPSA) is 117 Å². The quantitative estimate of drug-likeness (QED) is 0.670. The van der Waals surface area contributed by atoms with Gasteiger partial charge in [0.2, 0.25) is 10.0 Å². The van der Waals surface area contributed by atoms with Crippen LogP contribution < -0.4 is 4.90 Å². The number of hydrogen-bond acceptors (Lipinski definition) is 7. The molecule has 1 N–H and O–H groups in total. The molecule has 0 bridgehead atoms. The SMILES string of the molecule is Cc1nc(-c2ccccc2)c2nc(C(=O)O)cc(N3CCN(S(C)(=O)=O)CC3)c2n1. The van der Waals surface area contributed by atoms with Crippen LogP contribution >= 0.6 is 0 Å². The summed E-state index contributed by atoms with van der Waals surface area (Å²) in [5.74, 6) is -0.602. The van der Waals surface area contributed by atoms with Gasteiger partial charge in [0.05, 0.1) is 11.9 Å². The Morgan fingerprint density at radius 1 is 1.00 bits per heavy atom. The second kappa shape index (κ2) is 7.62. The van der Waals surface area contributed by atoms with Crippen molar-refractivity contribution >= 4 is 32.7 Å². The lowest BCUT2D eigenvalue weighted by atomic mass is 10.1. The third-order valence-electron chi connectivity index (χ3n) is 5.06. The minimum atomic E-state index is -3.27. The molecule has 0 unspecified atom stereocenters. The zero-order valence-electron chi connectivity index (χ0n) is 16.6. The van der Waals surface area contributed by atoms with E-state index < -0.39 is 16.0 Å². The van der Waals surface area contributed by atoms with Gasteiger partial charge in [-0.2, -0.15) is 4.31 Å². The summed E-state index contributed by atoms with van der Waals surface area (Å²) in [6.45, 7) is 3.27. The molecule has 0 aliphatic carbocycles. The number of aromatic carboxylic acids is 1. The van der Waals surface area contributed by atoms with Crippen LogP contribution in [0.1, 0.15) is 16.3 Å². The zero-order valence-corrected chi connectivity index (χ0v) is 17.4. The highest BCUT2D eigenvalue weighted by molar-refractivity contribution is 7.88. The molecule has 0 amide bonds. The van der Waals surface area contributed by atoms with E-state index in [4.69, 9.17) is 0 Å². The Labute approximate surface area is 174 Å². The standard InChI is InChI=1S/C20H21N5O4S/c1-13-21-17(14-6-4-3-5-7-14)19-18(22-13)16(12-15(23-19)20(26)27)24-8-10-25(11-9-24)30(2,28)29/h3-7,12H,8-11H2,1-2H3,(H,26,27). The number of aryl methyl sites for hydroxylation is 1. The van der Waals surface area contributed by atoms with Gasteiger partial charge in [0.15, 0.2) is 5.69 Å². The Morgan fingerprint density at radius 2 is 1.67 bits per heavy atom. The molecule has 4 rings (SSSR count). The van der Waals surface area contributed by atoms with Crippen LogP contribution in [0.2, 0.25) is 0 Å². The Bertz CT molecular complexity index is 1220. The highest BCUT2D eigenvalue weighted by atomic mass is 32.2. The fourth-order valence-corrected chi connectivity index (χ4v) is 4.44. The van der Waals surface area contributed by atoms with Crippen LogP contribution in [0.4, 0.5) is 5.69 Å². The Balaban J connectivity index is 1.88. The molecule has 156 valence electrons. The van der Waals surface area contributed by atoms with Gasteiger partial charge in [0.25, 0.3) is 0 Å². The third-order valence-corrected chi connectivity index (χ3v) is 6.36. The van der Waals surface area contributed by atoms with Crippen LogP contribution in [0.3, 0.4) is 0 Å². The van der Waals surface area contributed by atoms with Gasteiger partial charge in [-0.25, -0.2) is 28.2 Å². The number of anilines is 1. The van der Waals surface area contributed by atoms with Gasteiger partial charge in [-0.15, -0.1) is 0 Å². The second-order valence-corrected chi connectivity index (χ2v) is 9.15. The predicted octanol–water partition coefficient (Wildman–Crippen LogP) is 1.78. The number of sulfonamides is 1. The van der Waals surface area contributed by atoms with Crippen molar-refractivity contribution in [3.63, 3.8) is 0 Å². The number of carboxylic acid groups (broad SMARTS) is 1. The van der Waals surface area contributed by atoms with E-state index in [1.807, 2.05) is 35.2 Å². The number of hydrogen-bond donors (Lipinski definition) is 1. The number of nitrogens with zero attached hydrogens (tertiary/aromatic N) is 5. The first-order valence-electron chi connectivity index (χ1n) is 9.42. The minimum Gasteiger partial charge on any atom is -0.477 e. The molecular weight excluding hydrogens is 406 g/mol. The van der Waals surface area contributed by atoms with Crippen LogP contribution in [0, 0.1) is 6.92 Å². The normalized spacial score (nSPS) is 15.5. The Hall–Kier alpha value is -3.11. The number of carbonyl (C=O) groups is 1. The fraction of sp³-hybridized carbons (Fsp3) is 0.300. The average molecular weight is 427 g/mol. The molecule has 2 aromatic heterocycles. The van der Waals surface area contributed by atoms with E-state index >= 15 is 0 Å². The average Bonchev–Trinajstić information content (AvgIpc) is 2.72. The minimum absolute atomic E-state index is 0.104. The largest absolute Gasteiger partial charge is 0.477 e. The van der Waals surface area contributed by atoms with Gasteiger partial charge in [-0.05, 0) is 13.0 Å². The van der Waals surface area contributed by atoms with Crippen molar-refractivity contribution in [2.24, 2.45) is 0 Å². The monoisotopic (exact) mass is 427 g/mol. The summed E-state index contributed by atoms with van der Waals surface area (Å²) in [6.07, 6.45) is 1.19. The third kappa shape index (κ3) is 3.83. The predicted molar refractivity (Wildman–Crippen MR) is 113 cm³/mol. The molecule has 1 saturated heterocycles. The van der Waals surface area contributed by atoms with Crippen LogP contribution in [-0.2, 0) is 10.0 Å². The summed E-state index contributed by atoms with van der Waals surface area (Å²) in [5, 5.41) is 9.62. The van der Waals surface area contributed by atoms with Gasteiger partial charge >= 0.3 is 5.97 Å². The number of rotatable bonds is 4. The van der Waals surface area contributed by atoms with Gasteiger partial charge in [-0.1, -0.05) is 30.3 Å². The van der Waals surface area contributed by atoms with Crippen molar-refractivity contribution in [3.8, 4) is 11.3 Å². The smallest absolute Gasteiger partial charge is 0.354 e. The van der Waals surface area contributed by atoms with Crippen LogP contribution in [0.5, 0.6) is 0 Å². The molecular formula is C20H21N5O4S. The lowest BCUT2D eigenvalue weighted by molar-refractivity contribution is 0.0691. The highest BCUT2D eigenvalue weighted by Gasteiger charge is 2.27. The fourth-order valence-electron chi connectivity index (χ4n) is 3.61. The Morgan fingerprint density at radius 3 is 2.27 bits per heavy atom. The first-order chi connectivity index (χ1) is 14.2. The summed E-state index contributed by atoms with van der Waals surface area (Å²) >= 11 is 0. The van der Waals surface area contributed by atoms with Gasteiger partial charge in [0, 0.05) is 31.7 Å². The van der Waals surface area contributed by atoms with E-state index in [1.165, 1.54) is 16.6 Å². The van der Waals surface area contributed by atoms with Crippen LogP contribution in [-0.4, -0.2) is 71.2 Å². The summed E-state index contributed by atoms with van der Waals surface area (Å²) in [5.41, 5.74) is 2.86. The van der Waals surface area contributed by atoms with Crippen molar-refractivity contribution in [2.75, 3.05) is 37.3 Å². The van der Waals surface area contributed by atoms with Crippen molar-refractivity contribution < 1.29 is 18.3 Å². The molecule has 0 saturated carbocycles. The van der Waals surface area contributed by atoms with Crippen LogP contribution in [0.25, 0.3) is 22.3 Å². The number of carboxylic acids is 1. The number of pyridine rings is 1. The van der Waals surface area contributed by atoms with E-state index in [2.05, 4.69) is 15.0 Å². The first-order valence-corrected chi connectivity index (χ1v) is 11.3. The van der Waals surface area contributed by atoms with Gasteiger partial charge < -0.3 is 10.0 Å². The lowest BCUT2D eigenvalue weighted by Gasteiger charge is -2.35. The molecule has 1 aliphatic heterocycles. The van der Waals surface area contributed by atoms with E-state index in [-0.39, 0.29) is 5.69 Å². The summed E-state index contributed by atoms with van der Waals surface area (Å²) in [6, 6.07) is 10.9. The van der Waals surface area contributed by atoms with Crippen LogP contribution in [0.15, 0.2) is 36.4 Å². The maximum absolute atomic E-state index is 11.8. The Kier molecular flexibility index (Phi) is 5.12. The van der Waals surface area contributed by atoms with Crippen molar-refractivity contribution in [3.05, 3.63) is 47.9 Å². The molecule has 10 heteroatoms. The number of piperazine rings is 1. The summed E-state index contributed by atoms with van der Waals surface area (Å²) < 4.78 is 25.1. The molecule has 3 aromatic rings. The van der Waals surface area contributed by atoms with Crippen molar-refractivity contribution in [1.82, 2.24) is 19.3 Å². The molecule has 0 spiro atoms. The number of aromatic nitrogens is 3. The van der Waals surface area contributed by atoms with Crippen molar-refractivity contribution in [2.45, 2.75) is 6.92 Å². The maximum Gasteiger partial charge on any atom is 0.354 e. The number of benzene rings is 1. The summed E-state index contributed by atoms with van der Waals surface area (Å²) in [7, 11) is -3.27. The van der Waals surface area contributed by atoms with E-state index in [0.717, 1.165) is 5.56 Å². The van der Waals surface area contributed by atoms with E-state index in [0.29, 0.717) is 54.4 Å². The maximum atomic E-state index is 11.8. The molecule has 30 heavy (non-hydrogen) atoms. The number of fused-ring (bicyclic) bond motifs is 1.